The number of anilines is 2. The molecule has 1 fully saturated rings. The van der Waals surface area contributed by atoms with Gasteiger partial charge in [0.05, 0.1) is 16.9 Å². The Bertz CT molecular complexity index is 1010. The third kappa shape index (κ3) is 2.66. The van der Waals surface area contributed by atoms with Gasteiger partial charge in [-0.1, -0.05) is 34.1 Å². The van der Waals surface area contributed by atoms with E-state index in [0.29, 0.717) is 5.69 Å². The van der Waals surface area contributed by atoms with E-state index in [-0.39, 0.29) is 23.0 Å². The molecular weight excluding hydrogens is 410 g/mol. The Kier molecular flexibility index (Phi) is 4.11. The summed E-state index contributed by atoms with van der Waals surface area (Å²) in [7, 11) is 0. The minimum Gasteiger partial charge on any atom is -0.293 e. The van der Waals surface area contributed by atoms with E-state index in [4.69, 9.17) is 0 Å². The van der Waals surface area contributed by atoms with Crippen LogP contribution in [0.25, 0.3) is 0 Å². The molecule has 0 aromatic heterocycles. The second-order valence-corrected chi connectivity index (χ2v) is 7.39. The topological polar surface area (TPSA) is 69.7 Å². The van der Waals surface area contributed by atoms with E-state index >= 15 is 0 Å². The molecule has 2 aromatic rings. The molecule has 2 amide bonds. The van der Waals surface area contributed by atoms with Gasteiger partial charge in [0, 0.05) is 11.4 Å². The number of hydrogen-bond acceptors (Lipinski definition) is 5. The fourth-order valence-electron chi connectivity index (χ4n) is 3.45. The number of nitrogens with one attached hydrogen (secondary N) is 1. The Morgan fingerprint density at radius 1 is 1.07 bits per heavy atom. The lowest BCUT2D eigenvalue weighted by Gasteiger charge is -2.27. The van der Waals surface area contributed by atoms with E-state index in [9.17, 15) is 14.4 Å². The highest BCUT2D eigenvalue weighted by molar-refractivity contribution is 9.10. The van der Waals surface area contributed by atoms with Gasteiger partial charge in [0.15, 0.2) is 11.8 Å². The molecular formula is C20H16BrN3O3. The van der Waals surface area contributed by atoms with Gasteiger partial charge in [-0.2, -0.15) is 0 Å². The molecule has 1 atom stereocenters. The number of allylic oxidation sites excluding steroid dienone is 1. The molecule has 1 unspecified atom stereocenters. The second-order valence-electron chi connectivity index (χ2n) is 6.47. The normalized spacial score (nSPS) is 18.9. The lowest BCUT2D eigenvalue weighted by molar-refractivity contribution is -0.121. The predicted molar refractivity (Wildman–Crippen MR) is 105 cm³/mol. The maximum atomic E-state index is 13.2. The zero-order valence-electron chi connectivity index (χ0n) is 14.7. The number of carbonyl (C=O) groups is 3. The third-order valence-corrected chi connectivity index (χ3v) is 5.26. The predicted octanol–water partition coefficient (Wildman–Crippen LogP) is 2.87. The van der Waals surface area contributed by atoms with E-state index in [1.165, 1.54) is 6.92 Å². The number of carbonyl (C=O) groups excluding carboxylic acids is 3. The first-order valence-electron chi connectivity index (χ1n) is 8.40. The average molecular weight is 426 g/mol. The Balaban J connectivity index is 1.84. The van der Waals surface area contributed by atoms with Crippen molar-refractivity contribution in [2.75, 3.05) is 9.91 Å². The van der Waals surface area contributed by atoms with Crippen LogP contribution in [-0.2, 0) is 14.4 Å². The molecule has 2 aromatic carbocycles. The van der Waals surface area contributed by atoms with Crippen LogP contribution in [0.5, 0.6) is 0 Å². The minimum absolute atomic E-state index is 0.168. The molecule has 1 N–H and O–H groups in total. The van der Waals surface area contributed by atoms with Crippen molar-refractivity contribution in [3.63, 3.8) is 0 Å². The zero-order chi connectivity index (χ0) is 19.3. The fraction of sp³-hybridized carbons (Fsp3) is 0.150. The van der Waals surface area contributed by atoms with E-state index in [1.54, 1.807) is 29.3 Å². The summed E-state index contributed by atoms with van der Waals surface area (Å²) in [6.07, 6.45) is 0. The van der Waals surface area contributed by atoms with Crippen LogP contribution < -0.4 is 15.3 Å². The highest BCUT2D eigenvalue weighted by Gasteiger charge is 2.53. The molecule has 2 aliphatic rings. The molecule has 7 heteroatoms. The standard InChI is InChI=1S/C20H16BrN3O3/c1-11-5-3-4-6-15(11)24-18-16(17(22-24)12(2)25)19(26)23(20(18)27)14-9-7-13(21)8-10-14/h3-10,18,22H,1-2H3. The quantitative estimate of drug-likeness (QED) is 0.765. The summed E-state index contributed by atoms with van der Waals surface area (Å²) in [6.45, 7) is 3.30. The van der Waals surface area contributed by atoms with Gasteiger partial charge in [-0.15, -0.1) is 0 Å². The monoisotopic (exact) mass is 425 g/mol. The van der Waals surface area contributed by atoms with Gasteiger partial charge in [-0.25, -0.2) is 4.90 Å². The fourth-order valence-corrected chi connectivity index (χ4v) is 3.71. The van der Waals surface area contributed by atoms with Crippen molar-refractivity contribution in [3.8, 4) is 0 Å². The van der Waals surface area contributed by atoms with Crippen molar-refractivity contribution in [1.82, 2.24) is 5.43 Å². The van der Waals surface area contributed by atoms with Crippen molar-refractivity contribution < 1.29 is 14.4 Å². The summed E-state index contributed by atoms with van der Waals surface area (Å²) < 4.78 is 0.845. The van der Waals surface area contributed by atoms with Gasteiger partial charge in [-0.05, 0) is 42.8 Å². The maximum Gasteiger partial charge on any atom is 0.266 e. The molecule has 0 radical (unpaired) electrons. The summed E-state index contributed by atoms with van der Waals surface area (Å²) in [6, 6.07) is 13.6. The molecule has 0 aliphatic carbocycles. The van der Waals surface area contributed by atoms with Crippen molar-refractivity contribution in [3.05, 3.63) is 69.8 Å². The summed E-state index contributed by atoms with van der Waals surface area (Å²) in [5.74, 6) is -1.14. The number of nitrogens with zero attached hydrogens (tertiary/aromatic N) is 2. The first-order chi connectivity index (χ1) is 12.9. The van der Waals surface area contributed by atoms with E-state index in [1.807, 2.05) is 31.2 Å². The van der Waals surface area contributed by atoms with Gasteiger partial charge in [0.1, 0.15) is 5.70 Å². The highest BCUT2D eigenvalue weighted by Crippen LogP contribution is 2.37. The largest absolute Gasteiger partial charge is 0.293 e. The third-order valence-electron chi connectivity index (χ3n) is 4.73. The Hall–Kier alpha value is -2.93. The number of fused-ring (bicyclic) bond motifs is 1. The lowest BCUT2D eigenvalue weighted by atomic mass is 10.1. The SMILES string of the molecule is CC(=O)C1=C2C(=O)N(c3ccc(Br)cc3)C(=O)C2N(c2ccccc2C)N1. The molecule has 136 valence electrons. The smallest absolute Gasteiger partial charge is 0.266 e. The van der Waals surface area contributed by atoms with Crippen LogP contribution in [-0.4, -0.2) is 23.6 Å². The zero-order valence-corrected chi connectivity index (χ0v) is 16.3. The van der Waals surface area contributed by atoms with E-state index in [0.717, 1.165) is 20.6 Å². The van der Waals surface area contributed by atoms with Crippen LogP contribution >= 0.6 is 15.9 Å². The summed E-state index contributed by atoms with van der Waals surface area (Å²) >= 11 is 3.35. The maximum absolute atomic E-state index is 13.2. The summed E-state index contributed by atoms with van der Waals surface area (Å²) in [5, 5.41) is 1.61. The minimum atomic E-state index is -0.874. The number of aryl methyl sites for hydroxylation is 1. The summed E-state index contributed by atoms with van der Waals surface area (Å²) in [5.41, 5.74) is 5.49. The van der Waals surface area contributed by atoms with Crippen molar-refractivity contribution in [2.45, 2.75) is 19.9 Å². The molecule has 2 aliphatic heterocycles. The second kappa shape index (κ2) is 6.35. The molecule has 1 saturated heterocycles. The number of hydrazine groups is 1. The number of benzene rings is 2. The first-order valence-corrected chi connectivity index (χ1v) is 9.20. The molecule has 0 bridgehead atoms. The average Bonchev–Trinajstić information content (AvgIpc) is 3.14. The van der Waals surface area contributed by atoms with Crippen LogP contribution in [0.1, 0.15) is 12.5 Å². The molecule has 27 heavy (non-hydrogen) atoms. The molecule has 0 saturated carbocycles. The Labute approximate surface area is 164 Å². The van der Waals surface area contributed by atoms with Crippen LogP contribution in [0.15, 0.2) is 64.3 Å². The number of halogens is 1. The van der Waals surface area contributed by atoms with Gasteiger partial charge in [-0.3, -0.25) is 24.8 Å². The molecule has 6 nitrogen and oxygen atoms in total. The van der Waals surface area contributed by atoms with Crippen LogP contribution in [0.2, 0.25) is 0 Å². The van der Waals surface area contributed by atoms with Gasteiger partial charge in [0.25, 0.3) is 11.8 Å². The molecule has 0 spiro atoms. The van der Waals surface area contributed by atoms with Gasteiger partial charge in [0.2, 0.25) is 0 Å². The van der Waals surface area contributed by atoms with Crippen LogP contribution in [0.4, 0.5) is 11.4 Å². The number of imide groups is 1. The summed E-state index contributed by atoms with van der Waals surface area (Å²) in [4.78, 5) is 39.6. The first kappa shape index (κ1) is 17.5. The number of ketones is 1. The number of rotatable bonds is 3. The van der Waals surface area contributed by atoms with Crippen LogP contribution in [0.3, 0.4) is 0 Å². The number of para-hydroxylation sites is 1. The van der Waals surface area contributed by atoms with E-state index in [2.05, 4.69) is 21.4 Å². The van der Waals surface area contributed by atoms with Crippen LogP contribution in [0, 0.1) is 6.92 Å². The number of hydrogen-bond donors (Lipinski definition) is 1. The lowest BCUT2D eigenvalue weighted by Crippen LogP contribution is -2.46. The van der Waals surface area contributed by atoms with Crippen molar-refractivity contribution in [1.29, 1.82) is 0 Å². The highest BCUT2D eigenvalue weighted by atomic mass is 79.9. The number of Topliss-reactive ketones (excluding diaryl/α,β-unsaturated/α-hetero) is 1. The Morgan fingerprint density at radius 2 is 1.74 bits per heavy atom. The number of amides is 2. The van der Waals surface area contributed by atoms with Crippen molar-refractivity contribution >= 4 is 44.9 Å². The molecule has 4 rings (SSSR count). The van der Waals surface area contributed by atoms with Gasteiger partial charge < -0.3 is 0 Å². The van der Waals surface area contributed by atoms with Crippen molar-refractivity contribution in [2.24, 2.45) is 0 Å². The Morgan fingerprint density at radius 3 is 2.37 bits per heavy atom. The molecule has 2 heterocycles. The van der Waals surface area contributed by atoms with E-state index < -0.39 is 11.9 Å². The van der Waals surface area contributed by atoms with Gasteiger partial charge >= 0.3 is 0 Å².